The van der Waals surface area contributed by atoms with Gasteiger partial charge in [0.2, 0.25) is 5.91 Å². The van der Waals surface area contributed by atoms with E-state index in [1.165, 1.54) is 0 Å². The van der Waals surface area contributed by atoms with Gasteiger partial charge in [-0.1, -0.05) is 40.5 Å². The number of carbonyl (C=O) groups is 1. The third kappa shape index (κ3) is 4.83. The number of unbranched alkanes of at least 4 members (excludes halogenated alkanes) is 2. The minimum Gasteiger partial charge on any atom is -0.463 e. The highest BCUT2D eigenvalue weighted by Crippen LogP contribution is 2.38. The van der Waals surface area contributed by atoms with Crippen molar-refractivity contribution in [2.75, 3.05) is 0 Å². The highest BCUT2D eigenvalue weighted by Gasteiger charge is 2.44. The molecule has 1 heterocycles. The molecule has 0 unspecified atom stereocenters. The number of carbonyl (C=O) groups excluding carboxylic acids is 1. The van der Waals surface area contributed by atoms with Crippen LogP contribution in [0.1, 0.15) is 59.1 Å². The Hall–Kier alpha value is -1.36. The van der Waals surface area contributed by atoms with Crippen LogP contribution in [0.15, 0.2) is 27.9 Å². The number of nitrogens with zero attached hydrogens (tertiary/aromatic N) is 2. The van der Waals surface area contributed by atoms with E-state index in [0.717, 1.165) is 19.3 Å². The van der Waals surface area contributed by atoms with Gasteiger partial charge in [0.1, 0.15) is 5.76 Å². The predicted molar refractivity (Wildman–Crippen MR) is 94.5 cm³/mol. The molecule has 22 heavy (non-hydrogen) atoms. The van der Waals surface area contributed by atoms with Crippen molar-refractivity contribution in [3.05, 3.63) is 24.2 Å². The van der Waals surface area contributed by atoms with E-state index in [1.807, 2.05) is 12.1 Å². The van der Waals surface area contributed by atoms with Gasteiger partial charge in [0.15, 0.2) is 8.24 Å². The largest absolute Gasteiger partial charge is 0.463 e. The van der Waals surface area contributed by atoms with E-state index in [-0.39, 0.29) is 10.9 Å². The first-order chi connectivity index (χ1) is 10.2. The van der Waals surface area contributed by atoms with Crippen molar-refractivity contribution in [3.63, 3.8) is 0 Å². The van der Waals surface area contributed by atoms with Crippen LogP contribution in [0.3, 0.4) is 0 Å². The summed E-state index contributed by atoms with van der Waals surface area (Å²) in [5.41, 5.74) is 0. The van der Waals surface area contributed by atoms with Crippen molar-refractivity contribution >= 4 is 20.4 Å². The number of hydrogen-bond acceptors (Lipinski definition) is 3. The lowest BCUT2D eigenvalue weighted by Crippen LogP contribution is -2.54. The van der Waals surface area contributed by atoms with Gasteiger partial charge in [0.05, 0.1) is 12.5 Å². The molecule has 1 aromatic rings. The number of hydrazone groups is 1. The summed E-state index contributed by atoms with van der Waals surface area (Å²) in [6, 6.07) is 3.66. The van der Waals surface area contributed by atoms with Gasteiger partial charge >= 0.3 is 0 Å². The Morgan fingerprint density at radius 3 is 2.55 bits per heavy atom. The van der Waals surface area contributed by atoms with Gasteiger partial charge in [-0.05, 0) is 36.7 Å². The monoisotopic (exact) mass is 322 g/mol. The molecular weight excluding hydrogens is 292 g/mol. The van der Waals surface area contributed by atoms with Crippen molar-refractivity contribution in [3.8, 4) is 0 Å². The summed E-state index contributed by atoms with van der Waals surface area (Å²) in [6.07, 6.45) is 6.95. The highest BCUT2D eigenvalue weighted by molar-refractivity contribution is 6.79. The summed E-state index contributed by atoms with van der Waals surface area (Å²) in [5.74, 6) is 0.799. The fourth-order valence-electron chi connectivity index (χ4n) is 1.95. The van der Waals surface area contributed by atoms with Crippen LogP contribution in [-0.2, 0) is 4.79 Å². The normalized spacial score (nSPS) is 12.8. The summed E-state index contributed by atoms with van der Waals surface area (Å²) < 4.78 is 7.06. The number of hydrogen-bond donors (Lipinski definition) is 0. The Labute approximate surface area is 135 Å². The summed E-state index contributed by atoms with van der Waals surface area (Å²) in [4.78, 5) is 12.7. The quantitative estimate of drug-likeness (QED) is 0.306. The van der Waals surface area contributed by atoms with Crippen LogP contribution in [0.4, 0.5) is 0 Å². The molecule has 0 aliphatic heterocycles. The second kappa shape index (κ2) is 7.77. The Kier molecular flexibility index (Phi) is 6.60. The molecule has 0 aliphatic carbocycles. The lowest BCUT2D eigenvalue weighted by molar-refractivity contribution is -0.127. The number of furan rings is 1. The SMILES string of the molecule is CCCCCC(=O)N(/N=C/c1ccco1)[Si](C)(C)C(C)(C)C. The maximum absolute atomic E-state index is 12.7. The van der Waals surface area contributed by atoms with Gasteiger partial charge in [-0.15, -0.1) is 0 Å². The Bertz CT molecular complexity index is 487. The zero-order valence-electron chi connectivity index (χ0n) is 14.8. The second-order valence-corrected chi connectivity index (χ2v) is 12.3. The fraction of sp³-hybridized carbons (Fsp3) is 0.647. The van der Waals surface area contributed by atoms with Crippen LogP contribution in [-0.4, -0.2) is 25.0 Å². The fourth-order valence-corrected chi connectivity index (χ4v) is 3.67. The van der Waals surface area contributed by atoms with E-state index in [2.05, 4.69) is 45.9 Å². The van der Waals surface area contributed by atoms with Crippen molar-refractivity contribution in [1.82, 2.24) is 4.67 Å². The van der Waals surface area contributed by atoms with E-state index < -0.39 is 8.24 Å². The zero-order valence-corrected chi connectivity index (χ0v) is 15.8. The van der Waals surface area contributed by atoms with E-state index in [4.69, 9.17) is 4.42 Å². The molecule has 0 aliphatic rings. The van der Waals surface area contributed by atoms with Crippen LogP contribution in [0, 0.1) is 0 Å². The molecular formula is C17H30N2O2Si. The molecule has 5 heteroatoms. The molecule has 0 N–H and O–H groups in total. The average Bonchev–Trinajstić information content (AvgIpc) is 2.91. The van der Waals surface area contributed by atoms with Crippen LogP contribution in [0.25, 0.3) is 0 Å². The molecule has 0 fully saturated rings. The van der Waals surface area contributed by atoms with Crippen LogP contribution < -0.4 is 0 Å². The average molecular weight is 323 g/mol. The van der Waals surface area contributed by atoms with Gasteiger partial charge in [0, 0.05) is 6.42 Å². The van der Waals surface area contributed by atoms with Crippen LogP contribution in [0.2, 0.25) is 18.1 Å². The van der Waals surface area contributed by atoms with Crippen LogP contribution >= 0.6 is 0 Å². The summed E-state index contributed by atoms with van der Waals surface area (Å²) in [5, 5.41) is 4.56. The van der Waals surface area contributed by atoms with E-state index in [0.29, 0.717) is 12.2 Å². The van der Waals surface area contributed by atoms with E-state index in [9.17, 15) is 4.79 Å². The minimum atomic E-state index is -2.05. The molecule has 0 radical (unpaired) electrons. The summed E-state index contributed by atoms with van der Waals surface area (Å²) in [6.45, 7) is 13.1. The number of rotatable bonds is 7. The topological polar surface area (TPSA) is 45.8 Å². The molecule has 1 aromatic heterocycles. The van der Waals surface area contributed by atoms with Crippen molar-refractivity contribution in [2.24, 2.45) is 5.10 Å². The molecule has 1 amide bonds. The Morgan fingerprint density at radius 1 is 1.36 bits per heavy atom. The first kappa shape index (κ1) is 18.7. The van der Waals surface area contributed by atoms with Crippen molar-refractivity contribution in [2.45, 2.75) is 71.5 Å². The Balaban J connectivity index is 2.97. The minimum absolute atomic E-state index is 0.0495. The standard InChI is InChI=1S/C17H30N2O2Si/c1-7-8-9-12-16(20)19(22(5,6)17(2,3)4)18-14-15-11-10-13-21-15/h10-11,13-14H,7-9,12H2,1-6H3/b18-14+. The first-order valence-electron chi connectivity index (χ1n) is 8.10. The molecule has 0 bridgehead atoms. The maximum atomic E-state index is 12.7. The van der Waals surface area contributed by atoms with Gasteiger partial charge in [-0.25, -0.2) is 0 Å². The second-order valence-electron chi connectivity index (χ2n) is 7.23. The molecule has 0 atom stereocenters. The molecule has 4 nitrogen and oxygen atoms in total. The van der Waals surface area contributed by atoms with Crippen molar-refractivity contribution < 1.29 is 9.21 Å². The lowest BCUT2D eigenvalue weighted by Gasteiger charge is -2.42. The van der Waals surface area contributed by atoms with Gasteiger partial charge in [-0.3, -0.25) is 9.47 Å². The van der Waals surface area contributed by atoms with Gasteiger partial charge in [-0.2, -0.15) is 5.10 Å². The molecule has 124 valence electrons. The maximum Gasteiger partial charge on any atom is 0.234 e. The Morgan fingerprint density at radius 2 is 2.05 bits per heavy atom. The summed E-state index contributed by atoms with van der Waals surface area (Å²) >= 11 is 0. The highest BCUT2D eigenvalue weighted by atomic mass is 28.3. The smallest absolute Gasteiger partial charge is 0.234 e. The van der Waals surface area contributed by atoms with Gasteiger partial charge < -0.3 is 4.42 Å². The lowest BCUT2D eigenvalue weighted by atomic mass is 10.2. The predicted octanol–water partition coefficient (Wildman–Crippen LogP) is 5.03. The molecule has 0 saturated carbocycles. The first-order valence-corrected chi connectivity index (χ1v) is 11.1. The van der Waals surface area contributed by atoms with Crippen molar-refractivity contribution in [1.29, 1.82) is 0 Å². The number of amides is 1. The third-order valence-electron chi connectivity index (χ3n) is 4.44. The van der Waals surface area contributed by atoms with E-state index in [1.54, 1.807) is 17.2 Å². The molecule has 0 saturated heterocycles. The zero-order chi connectivity index (χ0) is 16.8. The van der Waals surface area contributed by atoms with Crippen LogP contribution in [0.5, 0.6) is 0 Å². The van der Waals surface area contributed by atoms with E-state index >= 15 is 0 Å². The summed E-state index contributed by atoms with van der Waals surface area (Å²) in [7, 11) is -2.05. The molecule has 1 rings (SSSR count). The molecule has 0 aromatic carbocycles. The van der Waals surface area contributed by atoms with Gasteiger partial charge in [0.25, 0.3) is 0 Å². The third-order valence-corrected chi connectivity index (χ3v) is 9.53. The molecule has 0 spiro atoms.